The largest absolute Gasteiger partial charge is 0.496 e. The molecule has 134 valence electrons. The second kappa shape index (κ2) is 7.89. The lowest BCUT2D eigenvalue weighted by Crippen LogP contribution is -2.45. The van der Waals surface area contributed by atoms with Crippen molar-refractivity contribution in [2.24, 2.45) is 0 Å². The average Bonchev–Trinajstić information content (AvgIpc) is 2.63. The number of benzene rings is 1. The Balaban J connectivity index is 1.60. The molecule has 1 saturated heterocycles. The molecule has 3 rings (SSSR count). The smallest absolute Gasteiger partial charge is 0.167 e. The number of hydrogen-bond acceptors (Lipinski definition) is 4. The molecule has 0 saturated carbocycles. The van der Waals surface area contributed by atoms with E-state index in [4.69, 9.17) is 4.74 Å². The fourth-order valence-corrected chi connectivity index (χ4v) is 3.14. The molecular formula is C19H23F2N3O. The Morgan fingerprint density at radius 3 is 2.36 bits per heavy atom. The van der Waals surface area contributed by atoms with Gasteiger partial charge in [0, 0.05) is 51.0 Å². The van der Waals surface area contributed by atoms with E-state index in [9.17, 15) is 8.78 Å². The molecule has 0 spiro atoms. The van der Waals surface area contributed by atoms with E-state index in [0.717, 1.165) is 44.5 Å². The van der Waals surface area contributed by atoms with Gasteiger partial charge in [0.25, 0.3) is 0 Å². The van der Waals surface area contributed by atoms with Crippen LogP contribution >= 0.6 is 0 Å². The van der Waals surface area contributed by atoms with E-state index in [1.807, 2.05) is 12.3 Å². The Kier molecular flexibility index (Phi) is 5.60. The number of halogens is 2. The van der Waals surface area contributed by atoms with E-state index < -0.39 is 11.6 Å². The summed E-state index contributed by atoms with van der Waals surface area (Å²) in [5.74, 6) is -1.25. The molecule has 0 aliphatic carbocycles. The van der Waals surface area contributed by atoms with Crippen molar-refractivity contribution < 1.29 is 13.5 Å². The summed E-state index contributed by atoms with van der Waals surface area (Å²) in [6.07, 6.45) is 1.82. The third-order valence-corrected chi connectivity index (χ3v) is 4.71. The Morgan fingerprint density at radius 2 is 1.72 bits per heavy atom. The lowest BCUT2D eigenvalue weighted by atomic mass is 10.1. The summed E-state index contributed by atoms with van der Waals surface area (Å²) in [6.45, 7) is 6.57. The first kappa shape index (κ1) is 17.8. The minimum atomic E-state index is -0.833. The van der Waals surface area contributed by atoms with Crippen molar-refractivity contribution >= 4 is 0 Å². The zero-order chi connectivity index (χ0) is 17.8. The molecule has 0 N–H and O–H groups in total. The minimum absolute atomic E-state index is 0.288. The highest BCUT2D eigenvalue weighted by atomic mass is 19.2. The maximum atomic E-state index is 14.1. The fourth-order valence-electron chi connectivity index (χ4n) is 3.14. The quantitative estimate of drug-likeness (QED) is 0.831. The topological polar surface area (TPSA) is 28.6 Å². The van der Waals surface area contributed by atoms with Crippen LogP contribution in [0.2, 0.25) is 0 Å². The van der Waals surface area contributed by atoms with Crippen LogP contribution in [0.3, 0.4) is 0 Å². The summed E-state index contributed by atoms with van der Waals surface area (Å²) in [5, 5.41) is 0. The van der Waals surface area contributed by atoms with Gasteiger partial charge in [-0.3, -0.25) is 14.8 Å². The molecule has 1 aromatic carbocycles. The van der Waals surface area contributed by atoms with Gasteiger partial charge in [-0.15, -0.1) is 0 Å². The molecule has 25 heavy (non-hydrogen) atoms. The maximum absolute atomic E-state index is 14.1. The highest BCUT2D eigenvalue weighted by Crippen LogP contribution is 2.25. The van der Waals surface area contributed by atoms with E-state index in [1.54, 1.807) is 0 Å². The van der Waals surface area contributed by atoms with Gasteiger partial charge in [0.1, 0.15) is 5.75 Å². The number of ether oxygens (including phenoxy) is 1. The first-order valence-electron chi connectivity index (χ1n) is 8.44. The maximum Gasteiger partial charge on any atom is 0.167 e. The van der Waals surface area contributed by atoms with Crippen LogP contribution in [0.5, 0.6) is 5.75 Å². The van der Waals surface area contributed by atoms with Gasteiger partial charge < -0.3 is 4.74 Å². The van der Waals surface area contributed by atoms with Crippen LogP contribution in [0.4, 0.5) is 8.78 Å². The lowest BCUT2D eigenvalue weighted by Gasteiger charge is -2.35. The van der Waals surface area contributed by atoms with Crippen molar-refractivity contribution in [1.82, 2.24) is 14.8 Å². The molecule has 0 atom stereocenters. The van der Waals surface area contributed by atoms with E-state index in [0.29, 0.717) is 12.3 Å². The summed E-state index contributed by atoms with van der Waals surface area (Å²) in [7, 11) is 1.48. The van der Waals surface area contributed by atoms with Crippen molar-refractivity contribution in [3.05, 3.63) is 58.9 Å². The normalized spacial score (nSPS) is 16.2. The van der Waals surface area contributed by atoms with Crippen LogP contribution in [0.1, 0.15) is 16.8 Å². The number of hydrogen-bond donors (Lipinski definition) is 0. The van der Waals surface area contributed by atoms with Gasteiger partial charge in [0.15, 0.2) is 11.6 Å². The number of aromatic nitrogens is 1. The van der Waals surface area contributed by atoms with Crippen LogP contribution in [-0.2, 0) is 13.1 Å². The monoisotopic (exact) mass is 347 g/mol. The lowest BCUT2D eigenvalue weighted by molar-refractivity contribution is 0.119. The second-order valence-corrected chi connectivity index (χ2v) is 6.36. The Morgan fingerprint density at radius 1 is 1.04 bits per heavy atom. The molecule has 1 aliphatic rings. The molecule has 2 aromatic rings. The summed E-state index contributed by atoms with van der Waals surface area (Å²) in [6, 6.07) is 6.59. The molecule has 1 aliphatic heterocycles. The third kappa shape index (κ3) is 4.14. The van der Waals surface area contributed by atoms with Crippen LogP contribution in [0.25, 0.3) is 0 Å². The number of piperazine rings is 1. The molecule has 0 radical (unpaired) electrons. The highest BCUT2D eigenvalue weighted by molar-refractivity contribution is 5.35. The van der Waals surface area contributed by atoms with E-state index in [2.05, 4.69) is 27.8 Å². The number of rotatable bonds is 5. The minimum Gasteiger partial charge on any atom is -0.496 e. The van der Waals surface area contributed by atoms with Gasteiger partial charge in [0.2, 0.25) is 0 Å². The Bertz CT molecular complexity index is 731. The Hall–Kier alpha value is -2.05. The van der Waals surface area contributed by atoms with Gasteiger partial charge in [-0.2, -0.15) is 0 Å². The first-order chi connectivity index (χ1) is 12.1. The van der Waals surface area contributed by atoms with E-state index >= 15 is 0 Å². The van der Waals surface area contributed by atoms with Crippen LogP contribution < -0.4 is 4.74 Å². The molecule has 4 nitrogen and oxygen atoms in total. The van der Waals surface area contributed by atoms with Gasteiger partial charge >= 0.3 is 0 Å². The number of nitrogens with zero attached hydrogens (tertiary/aromatic N) is 3. The number of methoxy groups -OCH3 is 1. The van der Waals surface area contributed by atoms with Gasteiger partial charge in [-0.1, -0.05) is 6.07 Å². The first-order valence-corrected chi connectivity index (χ1v) is 8.44. The van der Waals surface area contributed by atoms with Crippen molar-refractivity contribution in [1.29, 1.82) is 0 Å². The average molecular weight is 347 g/mol. The standard InChI is InChI=1S/C19H23F2N3O/c1-14-4-3-7-22-17(14)13-24-10-8-23(9-11-24)12-15-18(25-2)6-5-16(20)19(15)21/h3-7H,8-13H2,1-2H3. The number of aryl methyl sites for hydroxylation is 1. The molecule has 1 aromatic heterocycles. The second-order valence-electron chi connectivity index (χ2n) is 6.36. The van der Waals surface area contributed by atoms with Crippen molar-refractivity contribution in [3.8, 4) is 5.75 Å². The van der Waals surface area contributed by atoms with Gasteiger partial charge in [-0.05, 0) is 30.7 Å². The summed E-state index contributed by atoms with van der Waals surface area (Å²) in [5.41, 5.74) is 2.57. The highest BCUT2D eigenvalue weighted by Gasteiger charge is 2.22. The molecular weight excluding hydrogens is 324 g/mol. The fraction of sp³-hybridized carbons (Fsp3) is 0.421. The van der Waals surface area contributed by atoms with Crippen LogP contribution in [0, 0.1) is 18.6 Å². The molecule has 0 bridgehead atoms. The zero-order valence-corrected chi connectivity index (χ0v) is 14.6. The summed E-state index contributed by atoms with van der Waals surface area (Å²) >= 11 is 0. The number of pyridine rings is 1. The van der Waals surface area contributed by atoms with E-state index in [-0.39, 0.29) is 5.56 Å². The predicted molar refractivity (Wildman–Crippen MR) is 92.4 cm³/mol. The van der Waals surface area contributed by atoms with Crippen LogP contribution in [-0.4, -0.2) is 48.1 Å². The third-order valence-electron chi connectivity index (χ3n) is 4.71. The van der Waals surface area contributed by atoms with Crippen molar-refractivity contribution in [3.63, 3.8) is 0 Å². The molecule has 1 fully saturated rings. The molecule has 6 heteroatoms. The van der Waals surface area contributed by atoms with E-state index in [1.165, 1.54) is 18.7 Å². The molecule has 2 heterocycles. The SMILES string of the molecule is COc1ccc(F)c(F)c1CN1CCN(Cc2ncccc2C)CC1. The molecule has 0 amide bonds. The predicted octanol–water partition coefficient (Wildman–Crippen LogP) is 2.99. The van der Waals surface area contributed by atoms with Crippen LogP contribution in [0.15, 0.2) is 30.5 Å². The van der Waals surface area contributed by atoms with Gasteiger partial charge in [-0.25, -0.2) is 8.78 Å². The summed E-state index contributed by atoms with van der Waals surface area (Å²) in [4.78, 5) is 8.91. The molecule has 0 unspecified atom stereocenters. The van der Waals surface area contributed by atoms with Gasteiger partial charge in [0.05, 0.1) is 12.8 Å². The Labute approximate surface area is 147 Å². The zero-order valence-electron chi connectivity index (χ0n) is 14.6. The van der Waals surface area contributed by atoms with Crippen molar-refractivity contribution in [2.45, 2.75) is 20.0 Å². The van der Waals surface area contributed by atoms with Crippen molar-refractivity contribution in [2.75, 3.05) is 33.3 Å². The summed E-state index contributed by atoms with van der Waals surface area (Å²) < 4.78 is 32.8.